The zero-order valence-corrected chi connectivity index (χ0v) is 17.9. The predicted molar refractivity (Wildman–Crippen MR) is 113 cm³/mol. The molecule has 3 rings (SSSR count). The number of aromatic nitrogens is 3. The first-order chi connectivity index (χ1) is 14.3. The van der Waals surface area contributed by atoms with E-state index in [-0.39, 0.29) is 24.1 Å². The molecule has 1 amide bonds. The van der Waals surface area contributed by atoms with Crippen LogP contribution in [0.4, 0.5) is 10.6 Å². The lowest BCUT2D eigenvalue weighted by Gasteiger charge is -2.38. The molecule has 162 valence electrons. The van der Waals surface area contributed by atoms with E-state index in [0.29, 0.717) is 18.0 Å². The molecule has 1 saturated heterocycles. The number of hydrogen-bond acceptors (Lipinski definition) is 7. The number of fused-ring (bicyclic) bond motifs is 1. The maximum Gasteiger partial charge on any atom is 0.510 e. The molecule has 1 aliphatic rings. The third kappa shape index (κ3) is 4.72. The van der Waals surface area contributed by atoms with Gasteiger partial charge in [0.2, 0.25) is 5.91 Å². The van der Waals surface area contributed by atoms with Gasteiger partial charge in [-0.25, -0.2) is 14.8 Å². The summed E-state index contributed by atoms with van der Waals surface area (Å²) in [5, 5.41) is 4.26. The maximum atomic E-state index is 12.1. The Morgan fingerprint density at radius 1 is 1.27 bits per heavy atom. The van der Waals surface area contributed by atoms with Crippen LogP contribution in [0.5, 0.6) is 0 Å². The molecule has 30 heavy (non-hydrogen) atoms. The highest BCUT2D eigenvalue weighted by Gasteiger charge is 2.28. The topological polar surface area (TPSA) is 98.6 Å². The fourth-order valence-electron chi connectivity index (χ4n) is 3.64. The highest BCUT2D eigenvalue weighted by atomic mass is 16.7. The normalized spacial score (nSPS) is 20.1. The van der Waals surface area contributed by atoms with E-state index in [1.165, 1.54) is 12.4 Å². The van der Waals surface area contributed by atoms with Crippen LogP contribution in [0.3, 0.4) is 0 Å². The summed E-state index contributed by atoms with van der Waals surface area (Å²) in [6.07, 6.45) is 4.88. The Labute approximate surface area is 176 Å². The first kappa shape index (κ1) is 21.6. The average Bonchev–Trinajstić information content (AvgIpc) is 3.13. The van der Waals surface area contributed by atoms with Gasteiger partial charge in [0.15, 0.2) is 6.23 Å². The summed E-state index contributed by atoms with van der Waals surface area (Å²) in [4.78, 5) is 34.5. The average molecular weight is 415 g/mol. The van der Waals surface area contributed by atoms with Crippen LogP contribution in [0.25, 0.3) is 11.0 Å². The van der Waals surface area contributed by atoms with E-state index in [2.05, 4.69) is 21.9 Å². The Morgan fingerprint density at radius 3 is 2.73 bits per heavy atom. The SMILES string of the molecule is C=CC(=O)N1C[C@H](Nc2ncnc3c2ccn3C(C)OC(=O)OC(C)C)CC[C@@H]1C. The zero-order valence-electron chi connectivity index (χ0n) is 17.9. The molecular formula is C21H29N5O4. The molecule has 0 bridgehead atoms. The first-order valence-corrected chi connectivity index (χ1v) is 10.2. The summed E-state index contributed by atoms with van der Waals surface area (Å²) in [5.74, 6) is 0.619. The Hall–Kier alpha value is -3.10. The first-order valence-electron chi connectivity index (χ1n) is 10.2. The quantitative estimate of drug-likeness (QED) is 0.569. The molecule has 0 aromatic carbocycles. The van der Waals surface area contributed by atoms with Crippen molar-refractivity contribution in [2.45, 2.75) is 65.0 Å². The van der Waals surface area contributed by atoms with Crippen molar-refractivity contribution < 1.29 is 19.1 Å². The number of carbonyl (C=O) groups excluding carboxylic acids is 2. The van der Waals surface area contributed by atoms with Gasteiger partial charge in [0.25, 0.3) is 0 Å². The summed E-state index contributed by atoms with van der Waals surface area (Å²) in [6.45, 7) is 11.5. The van der Waals surface area contributed by atoms with E-state index in [9.17, 15) is 9.59 Å². The summed E-state index contributed by atoms with van der Waals surface area (Å²) < 4.78 is 12.1. The van der Waals surface area contributed by atoms with Crippen LogP contribution in [0.2, 0.25) is 0 Å². The van der Waals surface area contributed by atoms with E-state index >= 15 is 0 Å². The van der Waals surface area contributed by atoms with E-state index in [1.807, 2.05) is 17.9 Å². The summed E-state index contributed by atoms with van der Waals surface area (Å²) >= 11 is 0. The van der Waals surface area contributed by atoms with Gasteiger partial charge in [-0.3, -0.25) is 9.36 Å². The number of piperidine rings is 1. The smallest absolute Gasteiger partial charge is 0.432 e. The molecule has 9 heteroatoms. The molecule has 1 unspecified atom stereocenters. The van der Waals surface area contributed by atoms with Crippen molar-refractivity contribution in [3.63, 3.8) is 0 Å². The standard InChI is InChI=1S/C21H29N5O4/c1-6-18(27)26-11-16(8-7-14(26)4)24-19-17-9-10-25(20(17)23-12-22-19)15(5)30-21(28)29-13(2)3/h6,9-10,12-16H,1,7-8,11H2,2-5H3,(H,22,23,24)/t14-,15?,16+/m0/s1. The van der Waals surface area contributed by atoms with Crippen molar-refractivity contribution in [1.29, 1.82) is 0 Å². The van der Waals surface area contributed by atoms with Gasteiger partial charge in [-0.2, -0.15) is 0 Å². The second-order valence-corrected chi connectivity index (χ2v) is 7.78. The second kappa shape index (κ2) is 9.15. The van der Waals surface area contributed by atoms with E-state index < -0.39 is 12.4 Å². The minimum absolute atomic E-state index is 0.0627. The highest BCUT2D eigenvalue weighted by Crippen LogP contribution is 2.27. The minimum atomic E-state index is -0.727. The summed E-state index contributed by atoms with van der Waals surface area (Å²) in [6, 6.07) is 2.13. The Balaban J connectivity index is 1.76. The van der Waals surface area contributed by atoms with Crippen molar-refractivity contribution >= 4 is 28.9 Å². The molecule has 0 saturated carbocycles. The molecule has 1 aliphatic heterocycles. The lowest BCUT2D eigenvalue weighted by Crippen LogP contribution is -2.49. The van der Waals surface area contributed by atoms with Gasteiger partial charge >= 0.3 is 6.16 Å². The van der Waals surface area contributed by atoms with Gasteiger partial charge in [-0.05, 0) is 52.7 Å². The molecule has 9 nitrogen and oxygen atoms in total. The summed E-state index contributed by atoms with van der Waals surface area (Å²) in [7, 11) is 0. The molecule has 0 radical (unpaired) electrons. The number of likely N-dealkylation sites (tertiary alicyclic amines) is 1. The third-order valence-corrected chi connectivity index (χ3v) is 5.18. The number of hydrogen-bond donors (Lipinski definition) is 1. The van der Waals surface area contributed by atoms with Gasteiger partial charge in [-0.1, -0.05) is 6.58 Å². The lowest BCUT2D eigenvalue weighted by atomic mass is 9.99. The Morgan fingerprint density at radius 2 is 2.03 bits per heavy atom. The molecule has 3 heterocycles. The summed E-state index contributed by atoms with van der Waals surface area (Å²) in [5.41, 5.74) is 0.639. The monoisotopic (exact) mass is 415 g/mol. The second-order valence-electron chi connectivity index (χ2n) is 7.78. The molecule has 3 atom stereocenters. The molecule has 2 aromatic heterocycles. The molecule has 0 aliphatic carbocycles. The fourth-order valence-corrected chi connectivity index (χ4v) is 3.64. The number of rotatable bonds is 6. The number of ether oxygens (including phenoxy) is 2. The van der Waals surface area contributed by atoms with E-state index in [4.69, 9.17) is 9.47 Å². The number of nitrogens with zero attached hydrogens (tertiary/aromatic N) is 4. The number of nitrogens with one attached hydrogen (secondary N) is 1. The maximum absolute atomic E-state index is 12.1. The molecule has 1 fully saturated rings. The third-order valence-electron chi connectivity index (χ3n) is 5.18. The molecular weight excluding hydrogens is 386 g/mol. The number of anilines is 1. The zero-order chi connectivity index (χ0) is 21.8. The van der Waals surface area contributed by atoms with Gasteiger partial charge in [0.1, 0.15) is 17.8 Å². The Bertz CT molecular complexity index is 925. The van der Waals surface area contributed by atoms with Crippen molar-refractivity contribution in [3.05, 3.63) is 31.2 Å². The molecule has 1 N–H and O–H groups in total. The van der Waals surface area contributed by atoms with Crippen molar-refractivity contribution in [2.24, 2.45) is 0 Å². The lowest BCUT2D eigenvalue weighted by molar-refractivity contribution is -0.129. The van der Waals surface area contributed by atoms with Crippen LogP contribution >= 0.6 is 0 Å². The van der Waals surface area contributed by atoms with Crippen LogP contribution < -0.4 is 5.32 Å². The van der Waals surface area contributed by atoms with Gasteiger partial charge in [0, 0.05) is 24.8 Å². The van der Waals surface area contributed by atoms with Crippen LogP contribution in [-0.4, -0.2) is 56.2 Å². The Kier molecular flexibility index (Phi) is 6.59. The van der Waals surface area contributed by atoms with Crippen molar-refractivity contribution in [2.75, 3.05) is 11.9 Å². The van der Waals surface area contributed by atoms with Gasteiger partial charge < -0.3 is 19.7 Å². The van der Waals surface area contributed by atoms with Crippen LogP contribution in [-0.2, 0) is 14.3 Å². The van der Waals surface area contributed by atoms with Crippen molar-refractivity contribution in [3.8, 4) is 0 Å². The molecule has 0 spiro atoms. The fraction of sp³-hybridized carbons (Fsp3) is 0.524. The van der Waals surface area contributed by atoms with Crippen LogP contribution in [0, 0.1) is 0 Å². The largest absolute Gasteiger partial charge is 0.510 e. The van der Waals surface area contributed by atoms with E-state index in [1.54, 1.807) is 31.5 Å². The van der Waals surface area contributed by atoms with Gasteiger partial charge in [0.05, 0.1) is 11.5 Å². The number of carbonyl (C=O) groups is 2. The van der Waals surface area contributed by atoms with Crippen LogP contribution in [0.15, 0.2) is 31.2 Å². The van der Waals surface area contributed by atoms with Crippen LogP contribution in [0.1, 0.15) is 46.8 Å². The highest BCUT2D eigenvalue weighted by molar-refractivity contribution is 5.88. The number of amides is 1. The molecule has 2 aromatic rings. The minimum Gasteiger partial charge on any atom is -0.432 e. The predicted octanol–water partition coefficient (Wildman–Crippen LogP) is 3.49. The van der Waals surface area contributed by atoms with E-state index in [0.717, 1.165) is 18.2 Å². The van der Waals surface area contributed by atoms with Gasteiger partial charge in [-0.15, -0.1) is 0 Å². The van der Waals surface area contributed by atoms with Crippen molar-refractivity contribution in [1.82, 2.24) is 19.4 Å².